The van der Waals surface area contributed by atoms with E-state index >= 15 is 4.79 Å². The van der Waals surface area contributed by atoms with Crippen LogP contribution in [0.1, 0.15) is 154 Å². The molecule has 0 spiro atoms. The number of carbonyl (C=O) groups is 4. The van der Waals surface area contributed by atoms with Crippen molar-refractivity contribution >= 4 is 23.9 Å². The molecule has 37 nitrogen and oxygen atoms in total. The lowest BCUT2D eigenvalue weighted by atomic mass is 9.33. The lowest BCUT2D eigenvalue weighted by molar-refractivity contribution is -0.380. The summed E-state index contributed by atoms with van der Waals surface area (Å²) >= 11 is 0. The number of hydrogen-bond acceptors (Lipinski definition) is 37. The van der Waals surface area contributed by atoms with E-state index in [2.05, 4.69) is 40.7 Å². The molecule has 11 rings (SSSR count). The zero-order chi connectivity index (χ0) is 83.2. The third-order valence-electron chi connectivity index (χ3n) is 27.1. The van der Waals surface area contributed by atoms with E-state index in [1.165, 1.54) is 41.5 Å². The van der Waals surface area contributed by atoms with Crippen LogP contribution in [0, 0.1) is 50.2 Å². The minimum absolute atomic E-state index is 0.00211. The van der Waals surface area contributed by atoms with E-state index in [9.17, 15) is 106 Å². The normalized spacial score (nSPS) is 50.0. The van der Waals surface area contributed by atoms with Crippen molar-refractivity contribution in [3.63, 3.8) is 0 Å². The van der Waals surface area contributed by atoms with Gasteiger partial charge in [-0.1, -0.05) is 53.2 Å². The average Bonchev–Trinajstić information content (AvgIpc) is 0.668. The minimum atomic E-state index is -2.14. The Bertz CT molecular complexity index is 3300. The molecule has 4 unspecified atom stereocenters. The number of allylic oxidation sites excluding steroid dienone is 2. The van der Waals surface area contributed by atoms with Crippen molar-refractivity contribution < 1.29 is 182 Å². The Morgan fingerprint density at radius 1 is 0.487 bits per heavy atom. The van der Waals surface area contributed by atoms with Gasteiger partial charge in [0.25, 0.3) is 0 Å². The largest absolute Gasteiger partial charge is 0.462 e. The van der Waals surface area contributed by atoms with Crippen molar-refractivity contribution in [2.45, 2.75) is 362 Å². The molecule has 0 amide bonds. The molecule has 4 saturated carbocycles. The summed E-state index contributed by atoms with van der Waals surface area (Å²) in [4.78, 5) is 55.1. The topological polar surface area (TPSA) is 571 Å². The van der Waals surface area contributed by atoms with Gasteiger partial charge in [0.15, 0.2) is 43.7 Å². The highest BCUT2D eigenvalue weighted by Gasteiger charge is 2.74. The minimum Gasteiger partial charge on any atom is -0.462 e. The van der Waals surface area contributed by atoms with E-state index in [0.717, 1.165) is 5.57 Å². The summed E-state index contributed by atoms with van der Waals surface area (Å²) < 4.78 is 88.6. The zero-order valence-corrected chi connectivity index (χ0v) is 65.9. The molecule has 10 fully saturated rings. The summed E-state index contributed by atoms with van der Waals surface area (Å²) in [5.41, 5.74) is -4.97. The Morgan fingerprint density at radius 3 is 1.66 bits per heavy atom. The molecule has 6 saturated heterocycles. The van der Waals surface area contributed by atoms with E-state index in [4.69, 9.17) is 71.1 Å². The molecular weight excluding hydrogens is 1500 g/mol. The summed E-state index contributed by atoms with van der Waals surface area (Å²) in [6.07, 6.45) is -52.2. The molecule has 0 aromatic heterocycles. The van der Waals surface area contributed by atoms with Gasteiger partial charge in [-0.2, -0.15) is 0 Å². The standard InChI is InChI=1S/C76H122O37/c1-29(79)19-44(84)101-30(2)20-45(85)102-31(3)21-46(86)107-59-34(6)105-69(62(55(59)95)111-67-54(94)51(91)58(33(5)104-67)108-65-56(96)60(39(82)27-100-65)109-66-53(93)50(90)47(87)32(4)103-66)113-70(98)76-18-17-71(7,8)22-36(76)35-13-14-42-72(9)23-37(80)63(73(10,28-78)41(72)15-16-74(42,11)75(35,12)24-43(76)83)112-68-57(97)61(49(89)40(25-77)106-68)110-64-52(92)48(88)38(81)26-99-64/h13,29-34,36-43,47-69,77-83,87-97H,14-28H2,1-12H3/t29?,30?,31?,32-,33-,34+,36-,37-,38+,39+,40+,41?,42+,43+,47-,48-,49+,50+,51-,52+,53+,54+,55-,56+,57+,58-,59-,60-,61-,62+,63-,64-,65-,66-,67-,68-,69-,72-,73-,74+,75+,76+/m0/s1. The van der Waals surface area contributed by atoms with Crippen molar-refractivity contribution in [2.24, 2.45) is 50.2 Å². The third kappa shape index (κ3) is 17.2. The van der Waals surface area contributed by atoms with Gasteiger partial charge in [-0.25, -0.2) is 0 Å². The fourth-order valence-electron chi connectivity index (χ4n) is 20.7. The SMILES string of the molecule is CC(O)CC(=O)OC(C)CC(=O)OC(C)CC(=O)O[C@@H]1[C@H](O)[C@@H](O[C@@H]2O[C@@H](C)[C@H](O[C@@H]3OC[C@@H](O)[C@H](O[C@@H]4O[C@@H](C)[C@H](O)[C@@H](O)[C@H]4O)[C@H]3O)[C@@H](O)[C@H]2O)[C@H](OC(=O)[C@]23CCC(C)(C)C[C@H]2C2=CC[C@@H]4[C@@]5(C)C[C@H](O)[C@H](O[C@@H]6O[C@H](CO)[C@@H](O)[C@H](O[C@@H]7OC[C@@H](O)[C@H](O)[C@H]7O)[C@H]6O)[C@@](C)(CO)C5CC[C@@]4(C)[C@]2(C)C[C@H]3O)O[C@@H]1C. The van der Waals surface area contributed by atoms with Crippen LogP contribution in [0.3, 0.4) is 0 Å². The fourth-order valence-corrected chi connectivity index (χ4v) is 20.7. The van der Waals surface area contributed by atoms with Crippen LogP contribution in [0.5, 0.6) is 0 Å². The second kappa shape index (κ2) is 34.9. The smallest absolute Gasteiger partial charge is 0.317 e. The summed E-state index contributed by atoms with van der Waals surface area (Å²) in [6.45, 7) is 18.2. The number of aliphatic hydroxyl groups excluding tert-OH is 18. The first kappa shape index (κ1) is 90.2. The Kier molecular flexibility index (Phi) is 27.9. The van der Waals surface area contributed by atoms with Gasteiger partial charge in [-0.05, 0) is 132 Å². The van der Waals surface area contributed by atoms with Gasteiger partial charge in [0, 0.05) is 5.41 Å². The van der Waals surface area contributed by atoms with E-state index in [1.54, 1.807) is 6.92 Å². The highest BCUT2D eigenvalue weighted by Crippen LogP contribution is 2.76. The van der Waals surface area contributed by atoms with Crippen molar-refractivity contribution in [2.75, 3.05) is 26.4 Å². The zero-order valence-electron chi connectivity index (χ0n) is 65.9. The second-order valence-corrected chi connectivity index (χ2v) is 35.6. The Labute approximate surface area is 654 Å². The van der Waals surface area contributed by atoms with E-state index in [0.29, 0.717) is 32.1 Å². The molecule has 0 radical (unpaired) electrons. The molecule has 6 aliphatic heterocycles. The Morgan fingerprint density at radius 2 is 1.03 bits per heavy atom. The lowest BCUT2D eigenvalue weighted by Gasteiger charge is -2.72. The Balaban J connectivity index is 0.837. The molecule has 0 bridgehead atoms. The number of aliphatic hydroxyl groups is 18. The van der Waals surface area contributed by atoms with Crippen LogP contribution in [0.4, 0.5) is 0 Å². The molecule has 113 heavy (non-hydrogen) atoms. The number of carbonyl (C=O) groups excluding carboxylic acids is 4. The van der Waals surface area contributed by atoms with Crippen LogP contribution in [0.2, 0.25) is 0 Å². The molecular formula is C76H122O37. The van der Waals surface area contributed by atoms with Crippen LogP contribution < -0.4 is 0 Å². The monoisotopic (exact) mass is 1630 g/mol. The van der Waals surface area contributed by atoms with Gasteiger partial charge in [0.05, 0.1) is 88.4 Å². The van der Waals surface area contributed by atoms with E-state index in [1.807, 2.05) is 0 Å². The van der Waals surface area contributed by atoms with Crippen LogP contribution in [-0.2, 0) is 90.2 Å². The van der Waals surface area contributed by atoms with Crippen LogP contribution in [0.15, 0.2) is 11.6 Å². The maximum absolute atomic E-state index is 16.1. The molecule has 42 atom stereocenters. The van der Waals surface area contributed by atoms with Crippen LogP contribution in [-0.4, -0.2) is 351 Å². The molecule has 18 N–H and O–H groups in total. The highest BCUT2D eigenvalue weighted by atomic mass is 16.8. The lowest BCUT2D eigenvalue weighted by Crippen LogP contribution is -2.71. The summed E-state index contributed by atoms with van der Waals surface area (Å²) in [5.74, 6) is -5.05. The first-order valence-corrected chi connectivity index (χ1v) is 39.5. The summed E-state index contributed by atoms with van der Waals surface area (Å²) in [7, 11) is 0. The molecule has 0 aromatic carbocycles. The number of fused-ring (bicyclic) bond motifs is 7. The first-order chi connectivity index (χ1) is 52.8. The second-order valence-electron chi connectivity index (χ2n) is 35.6. The van der Waals surface area contributed by atoms with Gasteiger partial charge >= 0.3 is 23.9 Å². The molecule has 6 heterocycles. The van der Waals surface area contributed by atoms with Crippen molar-refractivity contribution in [1.82, 2.24) is 0 Å². The van der Waals surface area contributed by atoms with Crippen molar-refractivity contribution in [3.05, 3.63) is 11.6 Å². The third-order valence-corrected chi connectivity index (χ3v) is 27.1. The average molecular weight is 1630 g/mol. The molecule has 0 aromatic rings. The first-order valence-electron chi connectivity index (χ1n) is 39.5. The molecule has 5 aliphatic carbocycles. The summed E-state index contributed by atoms with van der Waals surface area (Å²) in [6, 6.07) is 0. The van der Waals surface area contributed by atoms with Crippen LogP contribution in [0.25, 0.3) is 0 Å². The summed E-state index contributed by atoms with van der Waals surface area (Å²) in [5, 5.41) is 202. The Hall–Kier alpha value is -3.54. The van der Waals surface area contributed by atoms with Gasteiger partial charge in [0.1, 0.15) is 121 Å². The number of ether oxygens (including phenoxy) is 15. The van der Waals surface area contributed by atoms with Gasteiger partial charge in [-0.15, -0.1) is 0 Å². The molecule has 11 aliphatic rings. The van der Waals surface area contributed by atoms with Crippen molar-refractivity contribution in [3.8, 4) is 0 Å². The maximum Gasteiger partial charge on any atom is 0.317 e. The number of esters is 4. The van der Waals surface area contributed by atoms with Gasteiger partial charge in [0.2, 0.25) is 6.29 Å². The number of rotatable bonds is 23. The van der Waals surface area contributed by atoms with E-state index < -0.39 is 316 Å². The van der Waals surface area contributed by atoms with Crippen molar-refractivity contribution in [1.29, 1.82) is 0 Å². The predicted molar refractivity (Wildman–Crippen MR) is 377 cm³/mol. The maximum atomic E-state index is 16.1. The predicted octanol–water partition coefficient (Wildman–Crippen LogP) is -4.15. The van der Waals surface area contributed by atoms with Gasteiger partial charge in [-0.3, -0.25) is 19.2 Å². The molecule has 37 heteroatoms. The number of hydrogen-bond donors (Lipinski definition) is 18. The van der Waals surface area contributed by atoms with E-state index in [-0.39, 0.29) is 31.6 Å². The molecule has 648 valence electrons. The quantitative estimate of drug-likeness (QED) is 0.0200. The highest BCUT2D eigenvalue weighted by molar-refractivity contribution is 5.80. The fraction of sp³-hybridized carbons (Fsp3) is 0.921. The van der Waals surface area contributed by atoms with Gasteiger partial charge < -0.3 is 163 Å². The van der Waals surface area contributed by atoms with Crippen LogP contribution >= 0.6 is 0 Å².